The molecule has 5 nitrogen and oxygen atoms in total. The molecule has 1 aliphatic rings. The van der Waals surface area contributed by atoms with Crippen LogP contribution < -0.4 is 5.32 Å². The number of hydrogen-bond acceptors (Lipinski definition) is 3. The summed E-state index contributed by atoms with van der Waals surface area (Å²) in [6.07, 6.45) is -0.0129. The van der Waals surface area contributed by atoms with E-state index in [1.165, 1.54) is 23.9 Å². The first-order valence-corrected chi connectivity index (χ1v) is 12.2. The van der Waals surface area contributed by atoms with E-state index < -0.39 is 11.9 Å². The van der Waals surface area contributed by atoms with Gasteiger partial charge in [-0.25, -0.2) is 4.68 Å². The van der Waals surface area contributed by atoms with Crippen molar-refractivity contribution in [1.82, 2.24) is 20.0 Å². The number of hydrogen-bond donors (Lipinski definition) is 1. The van der Waals surface area contributed by atoms with Gasteiger partial charge in [0.25, 0.3) is 5.91 Å². The molecular weight excluding hydrogens is 477 g/mol. The molecule has 1 aromatic heterocycles. The lowest BCUT2D eigenvalue weighted by atomic mass is 10.0. The molecule has 2 heterocycles. The Bertz CT molecular complexity index is 1160. The summed E-state index contributed by atoms with van der Waals surface area (Å²) < 4.78 is 41.4. The Morgan fingerprint density at radius 2 is 1.89 bits per heavy atom. The number of benzene rings is 2. The number of para-hydroxylation sites is 1. The monoisotopic (exact) mass is 504 g/mol. The number of carbonyl (C=O) groups is 1. The van der Waals surface area contributed by atoms with Gasteiger partial charge < -0.3 is 10.2 Å². The molecule has 1 fully saturated rings. The van der Waals surface area contributed by atoms with Crippen LogP contribution in [0.5, 0.6) is 0 Å². The summed E-state index contributed by atoms with van der Waals surface area (Å²) in [5, 5.41) is 6.97. The van der Waals surface area contributed by atoms with Crippen LogP contribution in [0.15, 0.2) is 54.6 Å². The fourth-order valence-electron chi connectivity index (χ4n) is 4.40. The smallest absolute Gasteiger partial charge is 0.352 e. The summed E-state index contributed by atoms with van der Waals surface area (Å²) in [4.78, 5) is 15.0. The van der Waals surface area contributed by atoms with Crippen LogP contribution in [-0.2, 0) is 6.18 Å². The standard InChI is InChI=1S/C26H28ClF3N4O/c1-18-7-4-5-15-33(18)16-6-14-31-25(35)20-12-10-19(11-13-20)23-17-24(26(28,29)30)32-34(23)22-9-3-2-8-21(22)27/h2-3,8-13,17-18H,4-7,14-16H2,1H3,(H,31,35). The van der Waals surface area contributed by atoms with Crippen molar-refractivity contribution in [1.29, 1.82) is 0 Å². The third kappa shape index (κ3) is 6.05. The summed E-state index contributed by atoms with van der Waals surface area (Å²) in [7, 11) is 0. The zero-order valence-corrected chi connectivity index (χ0v) is 20.2. The lowest BCUT2D eigenvalue weighted by Crippen LogP contribution is -2.39. The summed E-state index contributed by atoms with van der Waals surface area (Å²) >= 11 is 6.23. The molecule has 0 spiro atoms. The fourth-order valence-corrected chi connectivity index (χ4v) is 4.62. The number of nitrogens with one attached hydrogen (secondary N) is 1. The predicted octanol–water partition coefficient (Wildman–Crippen LogP) is 6.21. The van der Waals surface area contributed by atoms with Crippen LogP contribution in [-0.4, -0.2) is 46.3 Å². The second-order valence-electron chi connectivity index (χ2n) is 8.84. The van der Waals surface area contributed by atoms with Crippen molar-refractivity contribution >= 4 is 17.5 Å². The van der Waals surface area contributed by atoms with Crippen molar-refractivity contribution in [2.24, 2.45) is 0 Å². The highest BCUT2D eigenvalue weighted by molar-refractivity contribution is 6.32. The van der Waals surface area contributed by atoms with E-state index in [4.69, 9.17) is 11.6 Å². The van der Waals surface area contributed by atoms with Crippen molar-refractivity contribution in [3.63, 3.8) is 0 Å². The third-order valence-corrected chi connectivity index (χ3v) is 6.69. The number of aromatic nitrogens is 2. The molecule has 4 rings (SSSR count). The number of piperidine rings is 1. The molecule has 1 atom stereocenters. The van der Waals surface area contributed by atoms with Crippen LogP contribution in [0.4, 0.5) is 13.2 Å². The van der Waals surface area contributed by atoms with Crippen LogP contribution >= 0.6 is 11.6 Å². The van der Waals surface area contributed by atoms with E-state index in [0.29, 0.717) is 29.4 Å². The van der Waals surface area contributed by atoms with Crippen molar-refractivity contribution in [2.75, 3.05) is 19.6 Å². The molecule has 2 aromatic carbocycles. The quantitative estimate of drug-likeness (QED) is 0.389. The molecule has 1 N–H and O–H groups in total. The Morgan fingerprint density at radius 1 is 1.14 bits per heavy atom. The van der Waals surface area contributed by atoms with Gasteiger partial charge in [0.15, 0.2) is 5.69 Å². The number of carbonyl (C=O) groups excluding carboxylic acids is 1. The molecule has 1 amide bonds. The first-order valence-electron chi connectivity index (χ1n) is 11.8. The summed E-state index contributed by atoms with van der Waals surface area (Å²) in [5.74, 6) is -0.209. The van der Waals surface area contributed by atoms with Crippen molar-refractivity contribution in [2.45, 2.75) is 44.8 Å². The van der Waals surface area contributed by atoms with Crippen molar-refractivity contribution in [3.05, 3.63) is 70.9 Å². The van der Waals surface area contributed by atoms with Gasteiger partial charge in [-0.1, -0.05) is 42.3 Å². The number of halogens is 4. The average Bonchev–Trinajstić information content (AvgIpc) is 3.29. The summed E-state index contributed by atoms with van der Waals surface area (Å²) in [6.45, 7) is 4.87. The van der Waals surface area contributed by atoms with Crippen LogP contribution in [0.25, 0.3) is 16.9 Å². The highest BCUT2D eigenvalue weighted by Gasteiger charge is 2.35. The molecule has 1 aliphatic heterocycles. The van der Waals surface area contributed by atoms with Gasteiger partial charge in [-0.3, -0.25) is 4.79 Å². The highest BCUT2D eigenvalue weighted by atomic mass is 35.5. The van der Waals surface area contributed by atoms with Gasteiger partial charge in [0, 0.05) is 30.3 Å². The minimum atomic E-state index is -4.60. The molecule has 35 heavy (non-hydrogen) atoms. The third-order valence-electron chi connectivity index (χ3n) is 6.37. The molecule has 0 bridgehead atoms. The average molecular weight is 505 g/mol. The zero-order valence-electron chi connectivity index (χ0n) is 19.5. The first kappa shape index (κ1) is 25.3. The maximum Gasteiger partial charge on any atom is 0.435 e. The Kier molecular flexibility index (Phi) is 7.82. The van der Waals surface area contributed by atoms with Crippen LogP contribution in [0.2, 0.25) is 5.02 Å². The Morgan fingerprint density at radius 3 is 2.57 bits per heavy atom. The summed E-state index contributed by atoms with van der Waals surface area (Å²) in [5.41, 5.74) is 0.485. The SMILES string of the molecule is CC1CCCCN1CCCNC(=O)c1ccc(-c2cc(C(F)(F)F)nn2-c2ccccc2Cl)cc1. The van der Waals surface area contributed by atoms with E-state index in [2.05, 4.69) is 22.2 Å². The van der Waals surface area contributed by atoms with E-state index >= 15 is 0 Å². The molecular formula is C26H28ClF3N4O. The van der Waals surface area contributed by atoms with Crippen molar-refractivity contribution in [3.8, 4) is 16.9 Å². The Hall–Kier alpha value is -2.84. The van der Waals surface area contributed by atoms with Crippen LogP contribution in [0.3, 0.4) is 0 Å². The van der Waals surface area contributed by atoms with Gasteiger partial charge in [-0.15, -0.1) is 0 Å². The van der Waals surface area contributed by atoms with E-state index in [1.54, 1.807) is 48.5 Å². The molecule has 0 radical (unpaired) electrons. The maximum absolute atomic E-state index is 13.4. The lowest BCUT2D eigenvalue weighted by molar-refractivity contribution is -0.141. The highest BCUT2D eigenvalue weighted by Crippen LogP contribution is 2.34. The predicted molar refractivity (Wildman–Crippen MR) is 131 cm³/mol. The first-order chi connectivity index (χ1) is 16.7. The Labute approximate surface area is 207 Å². The topological polar surface area (TPSA) is 50.2 Å². The van der Waals surface area contributed by atoms with Gasteiger partial charge in [0.05, 0.1) is 16.4 Å². The molecule has 1 unspecified atom stereocenters. The molecule has 0 aliphatic carbocycles. The van der Waals surface area contributed by atoms with Gasteiger partial charge in [-0.05, 0) is 63.1 Å². The number of likely N-dealkylation sites (tertiary alicyclic amines) is 1. The molecule has 3 aromatic rings. The number of rotatable bonds is 7. The molecule has 186 valence electrons. The maximum atomic E-state index is 13.4. The van der Waals surface area contributed by atoms with E-state index in [0.717, 1.165) is 25.6 Å². The minimum absolute atomic E-state index is 0.209. The van der Waals surface area contributed by atoms with Gasteiger partial charge in [-0.2, -0.15) is 18.3 Å². The number of nitrogens with zero attached hydrogens (tertiary/aromatic N) is 3. The fraction of sp³-hybridized carbons (Fsp3) is 0.385. The van der Waals surface area contributed by atoms with E-state index in [9.17, 15) is 18.0 Å². The normalized spacial score (nSPS) is 16.9. The molecule has 1 saturated heterocycles. The van der Waals surface area contributed by atoms with Crippen LogP contribution in [0, 0.1) is 0 Å². The van der Waals surface area contributed by atoms with Gasteiger partial charge >= 0.3 is 6.18 Å². The lowest BCUT2D eigenvalue weighted by Gasteiger charge is -2.33. The molecule has 0 saturated carbocycles. The Balaban J connectivity index is 1.46. The van der Waals surface area contributed by atoms with E-state index in [1.807, 2.05) is 0 Å². The minimum Gasteiger partial charge on any atom is -0.352 e. The second-order valence-corrected chi connectivity index (χ2v) is 9.25. The van der Waals surface area contributed by atoms with Gasteiger partial charge in [0.2, 0.25) is 0 Å². The number of amides is 1. The van der Waals surface area contributed by atoms with Gasteiger partial charge in [0.1, 0.15) is 0 Å². The number of alkyl halides is 3. The van der Waals surface area contributed by atoms with Crippen molar-refractivity contribution < 1.29 is 18.0 Å². The van der Waals surface area contributed by atoms with E-state index in [-0.39, 0.29) is 16.6 Å². The largest absolute Gasteiger partial charge is 0.435 e. The second kappa shape index (κ2) is 10.8. The zero-order chi connectivity index (χ0) is 25.0. The molecule has 9 heteroatoms. The summed E-state index contributed by atoms with van der Waals surface area (Å²) in [6, 6.07) is 14.6. The van der Waals surface area contributed by atoms with Crippen LogP contribution in [0.1, 0.15) is 48.7 Å².